The maximum absolute atomic E-state index is 11.8. The van der Waals surface area contributed by atoms with Gasteiger partial charge < -0.3 is 19.8 Å². The Kier molecular flexibility index (Phi) is 5.57. The van der Waals surface area contributed by atoms with Crippen molar-refractivity contribution >= 4 is 29.1 Å². The lowest BCUT2D eigenvalue weighted by atomic mass is 10.2. The van der Waals surface area contributed by atoms with Gasteiger partial charge in [-0.15, -0.1) is 0 Å². The maximum atomic E-state index is 11.8. The predicted octanol–water partition coefficient (Wildman–Crippen LogP) is 2.38. The minimum Gasteiger partial charge on any atom is -0.467 e. The summed E-state index contributed by atoms with van der Waals surface area (Å²) < 4.78 is 10.4. The summed E-state index contributed by atoms with van der Waals surface area (Å²) >= 11 is 5.91. The van der Waals surface area contributed by atoms with E-state index in [1.165, 1.54) is 13.4 Å². The standard InChI is InChI=1S/C15H15ClN2O4/c1-21-13(12-7-4-8-22-12)9-17-14(19)15(20)18-11-6-3-2-5-10(11)16/h2-8,13H,9H2,1H3,(H,17,19)(H,18,20). The zero-order chi connectivity index (χ0) is 15.9. The van der Waals surface area contributed by atoms with Crippen molar-refractivity contribution in [2.24, 2.45) is 0 Å². The van der Waals surface area contributed by atoms with Crippen LogP contribution in [0.4, 0.5) is 5.69 Å². The normalized spacial score (nSPS) is 11.7. The van der Waals surface area contributed by atoms with Gasteiger partial charge in [0.15, 0.2) is 0 Å². The summed E-state index contributed by atoms with van der Waals surface area (Å²) in [5.74, 6) is -1.02. The van der Waals surface area contributed by atoms with Crippen molar-refractivity contribution in [2.75, 3.05) is 19.0 Å². The molecule has 7 heteroatoms. The SMILES string of the molecule is COC(CNC(=O)C(=O)Nc1ccccc1Cl)c1ccco1. The second-order valence-electron chi connectivity index (χ2n) is 4.38. The monoisotopic (exact) mass is 322 g/mol. The number of hydrogen-bond donors (Lipinski definition) is 2. The van der Waals surface area contributed by atoms with E-state index in [0.717, 1.165) is 0 Å². The van der Waals surface area contributed by atoms with Crippen molar-refractivity contribution in [1.82, 2.24) is 5.32 Å². The second kappa shape index (κ2) is 7.63. The van der Waals surface area contributed by atoms with Gasteiger partial charge in [0.25, 0.3) is 0 Å². The van der Waals surface area contributed by atoms with Gasteiger partial charge in [0.1, 0.15) is 11.9 Å². The number of ether oxygens (including phenoxy) is 1. The van der Waals surface area contributed by atoms with E-state index in [9.17, 15) is 9.59 Å². The fourth-order valence-corrected chi connectivity index (χ4v) is 1.96. The van der Waals surface area contributed by atoms with Crippen LogP contribution in [0.3, 0.4) is 0 Å². The Morgan fingerprint density at radius 3 is 2.64 bits per heavy atom. The molecule has 0 aliphatic heterocycles. The molecule has 0 bridgehead atoms. The van der Waals surface area contributed by atoms with E-state index in [0.29, 0.717) is 16.5 Å². The number of anilines is 1. The Balaban J connectivity index is 1.89. The van der Waals surface area contributed by atoms with E-state index in [4.69, 9.17) is 20.8 Å². The van der Waals surface area contributed by atoms with Gasteiger partial charge in [0.2, 0.25) is 0 Å². The maximum Gasteiger partial charge on any atom is 0.313 e. The van der Waals surface area contributed by atoms with Crippen molar-refractivity contribution in [3.05, 3.63) is 53.4 Å². The van der Waals surface area contributed by atoms with E-state index in [1.807, 2.05) is 0 Å². The van der Waals surface area contributed by atoms with Crippen molar-refractivity contribution < 1.29 is 18.7 Å². The highest BCUT2D eigenvalue weighted by molar-refractivity contribution is 6.41. The number of carbonyl (C=O) groups excluding carboxylic acids is 2. The van der Waals surface area contributed by atoms with E-state index in [1.54, 1.807) is 36.4 Å². The first-order valence-electron chi connectivity index (χ1n) is 6.51. The summed E-state index contributed by atoms with van der Waals surface area (Å²) in [4.78, 5) is 23.6. The molecular formula is C15H15ClN2O4. The third kappa shape index (κ3) is 4.09. The highest BCUT2D eigenvalue weighted by atomic mass is 35.5. The van der Waals surface area contributed by atoms with E-state index in [2.05, 4.69) is 10.6 Å². The van der Waals surface area contributed by atoms with Crippen LogP contribution in [0, 0.1) is 0 Å². The van der Waals surface area contributed by atoms with Gasteiger partial charge in [-0.2, -0.15) is 0 Å². The van der Waals surface area contributed by atoms with Gasteiger partial charge in [-0.25, -0.2) is 0 Å². The number of para-hydroxylation sites is 1. The van der Waals surface area contributed by atoms with Crippen LogP contribution in [0.15, 0.2) is 47.1 Å². The van der Waals surface area contributed by atoms with Gasteiger partial charge in [-0.05, 0) is 24.3 Å². The van der Waals surface area contributed by atoms with Gasteiger partial charge >= 0.3 is 11.8 Å². The van der Waals surface area contributed by atoms with Crippen molar-refractivity contribution in [3.63, 3.8) is 0 Å². The van der Waals surface area contributed by atoms with Crippen LogP contribution in [-0.4, -0.2) is 25.5 Å². The third-order valence-corrected chi connectivity index (χ3v) is 3.25. The molecular weight excluding hydrogens is 308 g/mol. The number of amides is 2. The molecule has 0 spiro atoms. The fraction of sp³-hybridized carbons (Fsp3) is 0.200. The number of furan rings is 1. The Morgan fingerprint density at radius 1 is 1.23 bits per heavy atom. The van der Waals surface area contributed by atoms with Crippen LogP contribution >= 0.6 is 11.6 Å². The second-order valence-corrected chi connectivity index (χ2v) is 4.79. The lowest BCUT2D eigenvalue weighted by Crippen LogP contribution is -2.37. The predicted molar refractivity (Wildman–Crippen MR) is 81.5 cm³/mol. The molecule has 22 heavy (non-hydrogen) atoms. The summed E-state index contributed by atoms with van der Waals surface area (Å²) in [6.45, 7) is 0.110. The summed E-state index contributed by atoms with van der Waals surface area (Å²) in [6.07, 6.45) is 1.04. The van der Waals surface area contributed by atoms with E-state index < -0.39 is 17.9 Å². The van der Waals surface area contributed by atoms with Crippen LogP contribution in [0.5, 0.6) is 0 Å². The smallest absolute Gasteiger partial charge is 0.313 e. The molecule has 1 heterocycles. The molecule has 0 fully saturated rings. The Labute approximate surface area is 132 Å². The number of methoxy groups -OCH3 is 1. The number of rotatable bonds is 5. The molecule has 0 aliphatic carbocycles. The lowest BCUT2D eigenvalue weighted by molar-refractivity contribution is -0.136. The average molecular weight is 323 g/mol. The first kappa shape index (κ1) is 16.1. The molecule has 1 unspecified atom stereocenters. The van der Waals surface area contributed by atoms with Crippen LogP contribution < -0.4 is 10.6 Å². The highest BCUT2D eigenvalue weighted by Gasteiger charge is 2.19. The Hall–Kier alpha value is -2.31. The zero-order valence-corrected chi connectivity index (χ0v) is 12.6. The average Bonchev–Trinajstić information content (AvgIpc) is 3.04. The number of benzene rings is 1. The van der Waals surface area contributed by atoms with E-state index in [-0.39, 0.29) is 6.54 Å². The van der Waals surface area contributed by atoms with Gasteiger partial charge in [-0.3, -0.25) is 9.59 Å². The zero-order valence-electron chi connectivity index (χ0n) is 11.8. The van der Waals surface area contributed by atoms with Crippen molar-refractivity contribution in [2.45, 2.75) is 6.10 Å². The van der Waals surface area contributed by atoms with Crippen LogP contribution in [0.25, 0.3) is 0 Å². The number of nitrogens with one attached hydrogen (secondary N) is 2. The molecule has 1 aromatic carbocycles. The Bertz CT molecular complexity index is 643. The quantitative estimate of drug-likeness (QED) is 0.828. The third-order valence-electron chi connectivity index (χ3n) is 2.92. The molecule has 6 nitrogen and oxygen atoms in total. The van der Waals surface area contributed by atoms with Gasteiger partial charge in [-0.1, -0.05) is 23.7 Å². The summed E-state index contributed by atoms with van der Waals surface area (Å²) in [6, 6.07) is 10.1. The fourth-order valence-electron chi connectivity index (χ4n) is 1.78. The largest absolute Gasteiger partial charge is 0.467 e. The summed E-state index contributed by atoms with van der Waals surface area (Å²) in [5.41, 5.74) is 0.374. The number of hydrogen-bond acceptors (Lipinski definition) is 4. The first-order valence-corrected chi connectivity index (χ1v) is 6.89. The minimum absolute atomic E-state index is 0.110. The molecule has 2 rings (SSSR count). The molecule has 2 N–H and O–H groups in total. The van der Waals surface area contributed by atoms with Crippen molar-refractivity contribution in [1.29, 1.82) is 0 Å². The van der Waals surface area contributed by atoms with Crippen LogP contribution in [0.2, 0.25) is 5.02 Å². The molecule has 0 saturated heterocycles. The topological polar surface area (TPSA) is 80.6 Å². The summed E-state index contributed by atoms with van der Waals surface area (Å²) in [5, 5.41) is 5.28. The van der Waals surface area contributed by atoms with Gasteiger partial charge in [0.05, 0.1) is 23.5 Å². The van der Waals surface area contributed by atoms with E-state index >= 15 is 0 Å². The molecule has 1 atom stereocenters. The van der Waals surface area contributed by atoms with Crippen LogP contribution in [-0.2, 0) is 14.3 Å². The van der Waals surface area contributed by atoms with Crippen molar-refractivity contribution in [3.8, 4) is 0 Å². The molecule has 2 aromatic rings. The number of carbonyl (C=O) groups is 2. The molecule has 0 radical (unpaired) electrons. The number of halogens is 1. The van der Waals surface area contributed by atoms with Crippen LogP contribution in [0.1, 0.15) is 11.9 Å². The molecule has 1 aromatic heterocycles. The lowest BCUT2D eigenvalue weighted by Gasteiger charge is -2.13. The Morgan fingerprint density at radius 2 is 2.00 bits per heavy atom. The summed E-state index contributed by atoms with van der Waals surface area (Å²) in [7, 11) is 1.49. The minimum atomic E-state index is -0.803. The molecule has 0 aliphatic rings. The molecule has 2 amide bonds. The first-order chi connectivity index (χ1) is 10.6. The highest BCUT2D eigenvalue weighted by Crippen LogP contribution is 2.20. The molecule has 0 saturated carbocycles. The van der Waals surface area contributed by atoms with Gasteiger partial charge in [0, 0.05) is 7.11 Å². The molecule has 116 valence electrons.